The summed E-state index contributed by atoms with van der Waals surface area (Å²) < 4.78 is 0. The van der Waals surface area contributed by atoms with E-state index in [0.29, 0.717) is 4.83 Å². The summed E-state index contributed by atoms with van der Waals surface area (Å²) in [6.07, 6.45) is 7.86. The molecule has 4 heteroatoms. The zero-order valence-electron chi connectivity index (χ0n) is 12.3. The van der Waals surface area contributed by atoms with Crippen molar-refractivity contribution in [1.82, 2.24) is 9.97 Å². The highest BCUT2D eigenvalue weighted by Crippen LogP contribution is 2.21. The van der Waals surface area contributed by atoms with E-state index in [1.54, 1.807) is 11.8 Å². The number of halogens is 1. The van der Waals surface area contributed by atoms with Gasteiger partial charge in [-0.1, -0.05) is 60.3 Å². The van der Waals surface area contributed by atoms with Crippen molar-refractivity contribution in [1.29, 1.82) is 0 Å². The van der Waals surface area contributed by atoms with Gasteiger partial charge in [0.05, 0.1) is 0 Å². The van der Waals surface area contributed by atoms with Crippen LogP contribution < -0.4 is 0 Å². The number of aromatic nitrogens is 2. The molecule has 19 heavy (non-hydrogen) atoms. The monoisotopic (exact) mass is 344 g/mol. The predicted octanol–water partition coefficient (Wildman–Crippen LogP) is 5.31. The van der Waals surface area contributed by atoms with Crippen molar-refractivity contribution in [2.45, 2.75) is 69.3 Å². The van der Waals surface area contributed by atoms with Gasteiger partial charge in [-0.3, -0.25) is 0 Å². The second-order valence-electron chi connectivity index (χ2n) is 5.02. The van der Waals surface area contributed by atoms with Crippen molar-refractivity contribution in [3.63, 3.8) is 0 Å². The van der Waals surface area contributed by atoms with Crippen molar-refractivity contribution in [3.8, 4) is 0 Å². The molecule has 0 fully saturated rings. The molecular weight excluding hydrogens is 320 g/mol. The predicted molar refractivity (Wildman–Crippen MR) is 88.3 cm³/mol. The smallest absolute Gasteiger partial charge is 0.187 e. The van der Waals surface area contributed by atoms with Gasteiger partial charge in [-0.25, -0.2) is 9.97 Å². The summed E-state index contributed by atoms with van der Waals surface area (Å²) in [4.78, 5) is 9.55. The summed E-state index contributed by atoms with van der Waals surface area (Å²) in [5, 5.41) is 0.920. The van der Waals surface area contributed by atoms with Crippen LogP contribution in [0.5, 0.6) is 0 Å². The Kier molecular flexibility index (Phi) is 8.71. The summed E-state index contributed by atoms with van der Waals surface area (Å²) in [6, 6.07) is 2.02. The van der Waals surface area contributed by atoms with E-state index in [-0.39, 0.29) is 0 Å². The minimum absolute atomic E-state index is 0.641. The average molecular weight is 345 g/mol. The minimum Gasteiger partial charge on any atom is -0.228 e. The number of unbranched alkanes of at least 4 members (excludes halogenated alkanes) is 3. The lowest BCUT2D eigenvalue weighted by Crippen LogP contribution is -2.01. The molecule has 0 saturated carbocycles. The van der Waals surface area contributed by atoms with Gasteiger partial charge in [-0.2, -0.15) is 0 Å². The van der Waals surface area contributed by atoms with Crippen LogP contribution in [0.2, 0.25) is 0 Å². The van der Waals surface area contributed by atoms with Gasteiger partial charge in [0.2, 0.25) is 0 Å². The molecule has 0 aromatic carbocycles. The van der Waals surface area contributed by atoms with Crippen LogP contribution in [-0.4, -0.2) is 20.5 Å². The first-order valence-corrected chi connectivity index (χ1v) is 9.11. The molecule has 1 rings (SSSR count). The lowest BCUT2D eigenvalue weighted by atomic mass is 10.1. The first kappa shape index (κ1) is 17.0. The lowest BCUT2D eigenvalue weighted by Gasteiger charge is -2.09. The molecule has 0 amide bonds. The highest BCUT2D eigenvalue weighted by atomic mass is 79.9. The lowest BCUT2D eigenvalue weighted by molar-refractivity contribution is 0.616. The number of hydrogen-bond donors (Lipinski definition) is 0. The second kappa shape index (κ2) is 9.76. The highest BCUT2D eigenvalue weighted by molar-refractivity contribution is 9.09. The highest BCUT2D eigenvalue weighted by Gasteiger charge is 2.06. The Balaban J connectivity index is 2.18. The van der Waals surface area contributed by atoms with Crippen LogP contribution in [0.15, 0.2) is 11.2 Å². The van der Waals surface area contributed by atoms with Crippen molar-refractivity contribution < 1.29 is 0 Å². The third-order valence-electron chi connectivity index (χ3n) is 2.99. The Morgan fingerprint density at radius 2 is 1.79 bits per heavy atom. The molecular formula is C15H25BrN2S. The second-order valence-corrected chi connectivity index (χ2v) is 7.37. The van der Waals surface area contributed by atoms with Crippen LogP contribution in [0, 0.1) is 13.8 Å². The molecule has 0 aliphatic carbocycles. The van der Waals surface area contributed by atoms with E-state index in [1.807, 2.05) is 19.9 Å². The van der Waals surface area contributed by atoms with E-state index < -0.39 is 0 Å². The van der Waals surface area contributed by atoms with Crippen molar-refractivity contribution in [2.24, 2.45) is 0 Å². The summed E-state index contributed by atoms with van der Waals surface area (Å²) in [6.45, 7) is 6.31. The Morgan fingerprint density at radius 3 is 2.42 bits per heavy atom. The van der Waals surface area contributed by atoms with E-state index in [9.17, 15) is 0 Å². The fraction of sp³-hybridized carbons (Fsp3) is 0.733. The molecule has 1 aromatic rings. The number of nitrogens with zero attached hydrogens (tertiary/aromatic N) is 2. The first-order chi connectivity index (χ1) is 9.11. The quantitative estimate of drug-likeness (QED) is 0.262. The number of rotatable bonds is 9. The maximum atomic E-state index is 4.45. The van der Waals surface area contributed by atoms with Crippen LogP contribution in [0.4, 0.5) is 0 Å². The molecule has 0 radical (unpaired) electrons. The van der Waals surface area contributed by atoms with Crippen LogP contribution in [0.3, 0.4) is 0 Å². The van der Waals surface area contributed by atoms with E-state index in [4.69, 9.17) is 0 Å². The molecule has 0 N–H and O–H groups in total. The summed E-state index contributed by atoms with van der Waals surface area (Å²) in [5.74, 6) is 1.09. The molecule has 0 bridgehead atoms. The third-order valence-corrected chi connectivity index (χ3v) is 4.79. The van der Waals surface area contributed by atoms with Gasteiger partial charge in [-0.05, 0) is 32.8 Å². The summed E-state index contributed by atoms with van der Waals surface area (Å²) in [7, 11) is 0. The van der Waals surface area contributed by atoms with Crippen molar-refractivity contribution >= 4 is 27.7 Å². The van der Waals surface area contributed by atoms with Crippen LogP contribution in [-0.2, 0) is 0 Å². The molecule has 1 atom stereocenters. The number of alkyl halides is 1. The van der Waals surface area contributed by atoms with Crippen LogP contribution in [0.1, 0.15) is 56.8 Å². The largest absolute Gasteiger partial charge is 0.228 e. The number of hydrogen-bond acceptors (Lipinski definition) is 3. The summed E-state index contributed by atoms with van der Waals surface area (Å²) in [5.41, 5.74) is 2.12. The van der Waals surface area contributed by atoms with Gasteiger partial charge in [0.1, 0.15) is 0 Å². The van der Waals surface area contributed by atoms with Crippen LogP contribution >= 0.6 is 27.7 Å². The average Bonchev–Trinajstić information content (AvgIpc) is 2.33. The van der Waals surface area contributed by atoms with Crippen molar-refractivity contribution in [2.75, 3.05) is 5.75 Å². The normalized spacial score (nSPS) is 12.6. The van der Waals surface area contributed by atoms with E-state index in [2.05, 4.69) is 32.8 Å². The molecule has 0 aliphatic heterocycles. The Hall–Kier alpha value is -0.0900. The SMILES string of the molecule is CCCCCCC(Br)CCSc1nc(C)cc(C)n1. The minimum atomic E-state index is 0.641. The fourth-order valence-corrected chi connectivity index (χ4v) is 3.83. The van der Waals surface area contributed by atoms with E-state index >= 15 is 0 Å². The zero-order chi connectivity index (χ0) is 14.1. The van der Waals surface area contributed by atoms with Crippen LogP contribution in [0.25, 0.3) is 0 Å². The number of aryl methyl sites for hydroxylation is 2. The summed E-state index contributed by atoms with van der Waals surface area (Å²) >= 11 is 5.55. The zero-order valence-corrected chi connectivity index (χ0v) is 14.7. The van der Waals surface area contributed by atoms with E-state index in [0.717, 1.165) is 22.3 Å². The molecule has 2 nitrogen and oxygen atoms in total. The van der Waals surface area contributed by atoms with Gasteiger partial charge >= 0.3 is 0 Å². The van der Waals surface area contributed by atoms with Gasteiger partial charge in [0, 0.05) is 22.0 Å². The van der Waals surface area contributed by atoms with Gasteiger partial charge in [-0.15, -0.1) is 0 Å². The Bertz CT molecular complexity index is 351. The van der Waals surface area contributed by atoms with Gasteiger partial charge < -0.3 is 0 Å². The maximum Gasteiger partial charge on any atom is 0.187 e. The third kappa shape index (κ3) is 7.93. The molecule has 108 valence electrons. The topological polar surface area (TPSA) is 25.8 Å². The molecule has 0 aliphatic rings. The first-order valence-electron chi connectivity index (χ1n) is 7.21. The Labute approximate surface area is 130 Å². The Morgan fingerprint density at radius 1 is 1.11 bits per heavy atom. The molecule has 0 saturated heterocycles. The molecule has 1 aromatic heterocycles. The molecule has 1 unspecified atom stereocenters. The standard InChI is InChI=1S/C15H25BrN2S/c1-4-5-6-7-8-14(16)9-10-19-15-17-12(2)11-13(3)18-15/h11,14H,4-10H2,1-3H3. The van der Waals surface area contributed by atoms with Gasteiger partial charge in [0.15, 0.2) is 5.16 Å². The molecule has 1 heterocycles. The van der Waals surface area contributed by atoms with E-state index in [1.165, 1.54) is 38.5 Å². The molecule has 0 spiro atoms. The van der Waals surface area contributed by atoms with Gasteiger partial charge in [0.25, 0.3) is 0 Å². The fourth-order valence-electron chi connectivity index (χ4n) is 1.97. The van der Waals surface area contributed by atoms with Crippen molar-refractivity contribution in [3.05, 3.63) is 17.5 Å². The maximum absolute atomic E-state index is 4.45. The number of thioether (sulfide) groups is 1.